The lowest BCUT2D eigenvalue weighted by molar-refractivity contribution is 0.262. The van der Waals surface area contributed by atoms with E-state index in [0.717, 1.165) is 0 Å². The Bertz CT molecular complexity index is 1030. The van der Waals surface area contributed by atoms with Crippen LogP contribution in [0, 0.1) is 12.8 Å². The highest BCUT2D eigenvalue weighted by Crippen LogP contribution is 2.62. The highest BCUT2D eigenvalue weighted by atomic mass is 16.4. The molecule has 146 valence electrons. The summed E-state index contributed by atoms with van der Waals surface area (Å²) >= 11 is 0. The molecule has 0 heterocycles. The summed E-state index contributed by atoms with van der Waals surface area (Å²) in [6, 6.07) is 25.7. The van der Waals surface area contributed by atoms with Crippen molar-refractivity contribution < 1.29 is 10.0 Å². The summed E-state index contributed by atoms with van der Waals surface area (Å²) in [5, 5.41) is 19.9. The zero-order valence-electron chi connectivity index (χ0n) is 16.9. The van der Waals surface area contributed by atoms with E-state index in [9.17, 15) is 10.0 Å². The number of aryl methyl sites for hydroxylation is 1. The second-order valence-electron chi connectivity index (χ2n) is 8.71. The largest absolute Gasteiger partial charge is 0.488 e. The van der Waals surface area contributed by atoms with Gasteiger partial charge >= 0.3 is 7.12 Å². The summed E-state index contributed by atoms with van der Waals surface area (Å²) in [6.07, 6.45) is 4.92. The van der Waals surface area contributed by atoms with Crippen LogP contribution in [0.4, 0.5) is 0 Å². The Hall–Kier alpha value is -2.36. The second kappa shape index (κ2) is 7.16. The Labute approximate surface area is 173 Å². The molecule has 2 N–H and O–H groups in total. The molecule has 29 heavy (non-hydrogen) atoms. The summed E-state index contributed by atoms with van der Waals surface area (Å²) in [5.74, 6) is 1.00. The Morgan fingerprint density at radius 1 is 0.828 bits per heavy atom. The molecule has 2 aliphatic carbocycles. The van der Waals surface area contributed by atoms with Crippen LogP contribution in [-0.4, -0.2) is 17.2 Å². The third-order valence-electron chi connectivity index (χ3n) is 7.32. The van der Waals surface area contributed by atoms with E-state index in [1.165, 1.54) is 53.5 Å². The van der Waals surface area contributed by atoms with Crippen molar-refractivity contribution in [3.8, 4) is 0 Å². The molecule has 2 aliphatic rings. The van der Waals surface area contributed by atoms with Crippen LogP contribution in [0.3, 0.4) is 0 Å². The highest BCUT2D eigenvalue weighted by molar-refractivity contribution is 6.58. The molecular formula is C26H27BO2. The molecule has 3 atom stereocenters. The van der Waals surface area contributed by atoms with Gasteiger partial charge in [0.1, 0.15) is 0 Å². The standard InChI is InChI=1S/C26H27BO2/c1-18-9-5-7-13-23(18)26(19-10-3-2-4-11-19)24-14-8-6-12-21(24)22-16-15-20(27(28)29)17-25(22)26/h2-5,7,9-11,13,15-17,21,24,28-29H,6,8,12,14H2,1H3. The normalized spacial score (nSPS) is 25.3. The minimum absolute atomic E-state index is 0.252. The van der Waals surface area contributed by atoms with E-state index in [1.54, 1.807) is 0 Å². The van der Waals surface area contributed by atoms with Gasteiger partial charge in [0.2, 0.25) is 0 Å². The molecule has 3 unspecified atom stereocenters. The number of benzene rings is 3. The van der Waals surface area contributed by atoms with E-state index in [-0.39, 0.29) is 5.41 Å². The van der Waals surface area contributed by atoms with Crippen molar-refractivity contribution in [2.75, 3.05) is 0 Å². The molecule has 0 aromatic heterocycles. The maximum absolute atomic E-state index is 9.94. The maximum Gasteiger partial charge on any atom is 0.488 e. The molecule has 1 fully saturated rings. The molecule has 3 heteroatoms. The molecule has 1 saturated carbocycles. The first-order valence-electron chi connectivity index (χ1n) is 10.8. The SMILES string of the molecule is Cc1ccccc1C1(c2ccccc2)c2cc(B(O)O)ccc2C2CCCCC21. The van der Waals surface area contributed by atoms with E-state index >= 15 is 0 Å². The van der Waals surface area contributed by atoms with Crippen LogP contribution >= 0.6 is 0 Å². The molecule has 0 bridgehead atoms. The fraction of sp³-hybridized carbons (Fsp3) is 0.308. The van der Waals surface area contributed by atoms with Crippen LogP contribution in [0.15, 0.2) is 72.8 Å². The molecule has 3 aromatic rings. The van der Waals surface area contributed by atoms with Gasteiger partial charge < -0.3 is 10.0 Å². The molecule has 2 nitrogen and oxygen atoms in total. The molecule has 5 rings (SSSR count). The summed E-state index contributed by atoms with van der Waals surface area (Å²) < 4.78 is 0. The average Bonchev–Trinajstić information content (AvgIpc) is 3.05. The lowest BCUT2D eigenvalue weighted by Crippen LogP contribution is -2.38. The zero-order chi connectivity index (χ0) is 20.0. The smallest absolute Gasteiger partial charge is 0.423 e. The number of hydrogen-bond donors (Lipinski definition) is 2. The minimum atomic E-state index is -1.45. The lowest BCUT2D eigenvalue weighted by Gasteiger charge is -2.42. The first-order valence-corrected chi connectivity index (χ1v) is 10.8. The van der Waals surface area contributed by atoms with E-state index in [4.69, 9.17) is 0 Å². The van der Waals surface area contributed by atoms with E-state index in [1.807, 2.05) is 6.07 Å². The minimum Gasteiger partial charge on any atom is -0.423 e. The lowest BCUT2D eigenvalue weighted by atomic mass is 9.60. The van der Waals surface area contributed by atoms with Gasteiger partial charge in [-0.3, -0.25) is 0 Å². The average molecular weight is 382 g/mol. The molecule has 0 aliphatic heterocycles. The third kappa shape index (κ3) is 2.72. The van der Waals surface area contributed by atoms with Gasteiger partial charge in [-0.05, 0) is 64.9 Å². The molecular weight excluding hydrogens is 355 g/mol. The Balaban J connectivity index is 1.89. The van der Waals surface area contributed by atoms with Crippen molar-refractivity contribution in [2.45, 2.75) is 43.9 Å². The fourth-order valence-corrected chi connectivity index (χ4v) is 6.21. The molecule has 3 aromatic carbocycles. The summed E-state index contributed by atoms with van der Waals surface area (Å²) in [5.41, 5.74) is 6.95. The number of rotatable bonds is 3. The fourth-order valence-electron chi connectivity index (χ4n) is 6.21. The quantitative estimate of drug-likeness (QED) is 0.664. The summed E-state index contributed by atoms with van der Waals surface area (Å²) in [6.45, 7) is 2.21. The number of hydrogen-bond acceptors (Lipinski definition) is 2. The first kappa shape index (κ1) is 18.7. The molecule has 0 amide bonds. The Morgan fingerprint density at radius 3 is 2.31 bits per heavy atom. The van der Waals surface area contributed by atoms with Crippen molar-refractivity contribution in [2.24, 2.45) is 5.92 Å². The van der Waals surface area contributed by atoms with Crippen molar-refractivity contribution in [1.29, 1.82) is 0 Å². The van der Waals surface area contributed by atoms with Crippen LogP contribution < -0.4 is 5.46 Å². The molecule has 0 saturated heterocycles. The van der Waals surface area contributed by atoms with Crippen molar-refractivity contribution >= 4 is 12.6 Å². The predicted molar refractivity (Wildman–Crippen MR) is 118 cm³/mol. The van der Waals surface area contributed by atoms with E-state index in [0.29, 0.717) is 17.3 Å². The van der Waals surface area contributed by atoms with Gasteiger partial charge in [0, 0.05) is 5.41 Å². The van der Waals surface area contributed by atoms with Crippen LogP contribution in [-0.2, 0) is 5.41 Å². The first-order chi connectivity index (χ1) is 14.1. The molecule has 0 spiro atoms. The van der Waals surface area contributed by atoms with Gasteiger partial charge in [-0.25, -0.2) is 0 Å². The van der Waals surface area contributed by atoms with Crippen LogP contribution in [0.1, 0.15) is 59.4 Å². The topological polar surface area (TPSA) is 40.5 Å². The van der Waals surface area contributed by atoms with Gasteiger partial charge in [-0.1, -0.05) is 85.6 Å². The number of fused-ring (bicyclic) bond motifs is 3. The summed E-state index contributed by atoms with van der Waals surface area (Å²) in [4.78, 5) is 0. The maximum atomic E-state index is 9.94. The zero-order valence-corrected chi connectivity index (χ0v) is 16.9. The van der Waals surface area contributed by atoms with Crippen LogP contribution in [0.5, 0.6) is 0 Å². The van der Waals surface area contributed by atoms with E-state index < -0.39 is 7.12 Å². The Morgan fingerprint density at radius 2 is 1.55 bits per heavy atom. The second-order valence-corrected chi connectivity index (χ2v) is 8.71. The monoisotopic (exact) mass is 382 g/mol. The molecule has 0 radical (unpaired) electrons. The van der Waals surface area contributed by atoms with Gasteiger partial charge in [0.05, 0.1) is 0 Å². The van der Waals surface area contributed by atoms with Crippen LogP contribution in [0.2, 0.25) is 0 Å². The van der Waals surface area contributed by atoms with E-state index in [2.05, 4.69) is 73.7 Å². The van der Waals surface area contributed by atoms with Gasteiger partial charge in [-0.15, -0.1) is 0 Å². The Kier molecular flexibility index (Phi) is 4.61. The van der Waals surface area contributed by atoms with Crippen molar-refractivity contribution in [3.63, 3.8) is 0 Å². The predicted octanol–water partition coefficient (Wildman–Crippen LogP) is 4.30. The van der Waals surface area contributed by atoms with Gasteiger partial charge in [-0.2, -0.15) is 0 Å². The van der Waals surface area contributed by atoms with Gasteiger partial charge in [0.25, 0.3) is 0 Å². The third-order valence-corrected chi connectivity index (χ3v) is 7.32. The highest BCUT2D eigenvalue weighted by Gasteiger charge is 2.54. The summed E-state index contributed by atoms with van der Waals surface area (Å²) in [7, 11) is -1.45. The van der Waals surface area contributed by atoms with Gasteiger partial charge in [0.15, 0.2) is 0 Å². The van der Waals surface area contributed by atoms with Crippen LogP contribution in [0.25, 0.3) is 0 Å². The van der Waals surface area contributed by atoms with Crippen molar-refractivity contribution in [1.82, 2.24) is 0 Å². The van der Waals surface area contributed by atoms with Crippen molar-refractivity contribution in [3.05, 3.63) is 101 Å².